The molecule has 4 heteroatoms. The van der Waals surface area contributed by atoms with Gasteiger partial charge in [-0.3, -0.25) is 4.79 Å². The Labute approximate surface area is 102 Å². The first-order valence-electron chi connectivity index (χ1n) is 6.36. The predicted octanol–water partition coefficient (Wildman–Crippen LogP) is 2.25. The summed E-state index contributed by atoms with van der Waals surface area (Å²) in [5.74, 6) is -1.22. The number of carbonyl (C=O) groups excluding carboxylic acids is 1. The van der Waals surface area contributed by atoms with Gasteiger partial charge in [0.15, 0.2) is 0 Å². The maximum atomic E-state index is 11.7. The van der Waals surface area contributed by atoms with E-state index in [1.165, 1.54) is 6.42 Å². The summed E-state index contributed by atoms with van der Waals surface area (Å²) in [6, 6.07) is -0.757. The van der Waals surface area contributed by atoms with Gasteiger partial charge in [-0.25, -0.2) is 4.79 Å². The Hall–Kier alpha value is -1.32. The van der Waals surface area contributed by atoms with Gasteiger partial charge in [-0.15, -0.1) is 0 Å². The lowest BCUT2D eigenvalue weighted by Crippen LogP contribution is -2.40. The van der Waals surface area contributed by atoms with E-state index in [9.17, 15) is 9.59 Å². The molecule has 2 N–H and O–H groups in total. The van der Waals surface area contributed by atoms with Gasteiger partial charge >= 0.3 is 5.97 Å². The Morgan fingerprint density at radius 1 is 1.35 bits per heavy atom. The summed E-state index contributed by atoms with van der Waals surface area (Å²) < 4.78 is 0. The summed E-state index contributed by atoms with van der Waals surface area (Å²) in [5.41, 5.74) is 1.15. The lowest BCUT2D eigenvalue weighted by molar-refractivity contribution is -0.141. The van der Waals surface area contributed by atoms with Gasteiger partial charge in [-0.05, 0) is 32.1 Å². The second-order valence-electron chi connectivity index (χ2n) is 4.55. The maximum Gasteiger partial charge on any atom is 0.326 e. The molecule has 1 unspecified atom stereocenters. The topological polar surface area (TPSA) is 66.4 Å². The highest BCUT2D eigenvalue weighted by Gasteiger charge is 2.18. The van der Waals surface area contributed by atoms with Crippen LogP contribution >= 0.6 is 0 Å². The minimum atomic E-state index is -0.956. The number of carboxylic acid groups (broad SMARTS) is 1. The number of allylic oxidation sites excluding steroid dienone is 1. The standard InChI is InChI=1S/C13H21NO3/c1-2-6-11(13(16)17)14-12(15)9-10-7-4-3-5-8-10/h9,11H,2-8H2,1H3,(H,14,15)(H,16,17). The van der Waals surface area contributed by atoms with Crippen LogP contribution in [-0.2, 0) is 9.59 Å². The highest BCUT2D eigenvalue weighted by atomic mass is 16.4. The molecule has 0 aromatic carbocycles. The third-order valence-electron chi connectivity index (χ3n) is 3.02. The molecule has 0 aliphatic heterocycles. The fourth-order valence-electron chi connectivity index (χ4n) is 2.10. The molecule has 96 valence electrons. The molecule has 1 aliphatic carbocycles. The smallest absolute Gasteiger partial charge is 0.326 e. The van der Waals surface area contributed by atoms with Crippen molar-refractivity contribution in [3.8, 4) is 0 Å². The molecule has 0 spiro atoms. The Morgan fingerprint density at radius 2 is 2.00 bits per heavy atom. The van der Waals surface area contributed by atoms with Crippen LogP contribution in [0.3, 0.4) is 0 Å². The molecule has 1 fully saturated rings. The predicted molar refractivity (Wildman–Crippen MR) is 65.6 cm³/mol. The fraction of sp³-hybridized carbons (Fsp3) is 0.692. The van der Waals surface area contributed by atoms with Gasteiger partial charge in [-0.2, -0.15) is 0 Å². The zero-order chi connectivity index (χ0) is 12.7. The molecule has 0 heterocycles. The van der Waals surface area contributed by atoms with E-state index in [0.717, 1.165) is 37.7 Å². The van der Waals surface area contributed by atoms with Gasteiger partial charge < -0.3 is 10.4 Å². The van der Waals surface area contributed by atoms with E-state index in [2.05, 4.69) is 5.32 Å². The molecule has 4 nitrogen and oxygen atoms in total. The number of amides is 1. The van der Waals surface area contributed by atoms with Gasteiger partial charge in [-0.1, -0.05) is 25.3 Å². The lowest BCUT2D eigenvalue weighted by Gasteiger charge is -2.15. The van der Waals surface area contributed by atoms with Crippen LogP contribution in [0.15, 0.2) is 11.6 Å². The highest BCUT2D eigenvalue weighted by Crippen LogP contribution is 2.22. The summed E-state index contributed by atoms with van der Waals surface area (Å²) >= 11 is 0. The number of hydrogen-bond acceptors (Lipinski definition) is 2. The first-order chi connectivity index (χ1) is 8.13. The van der Waals surface area contributed by atoms with Gasteiger partial charge in [0, 0.05) is 6.08 Å². The fourth-order valence-corrected chi connectivity index (χ4v) is 2.10. The van der Waals surface area contributed by atoms with E-state index in [-0.39, 0.29) is 5.91 Å². The molecule has 17 heavy (non-hydrogen) atoms. The molecule has 1 amide bonds. The molecular weight excluding hydrogens is 218 g/mol. The van der Waals surface area contributed by atoms with E-state index in [4.69, 9.17) is 5.11 Å². The minimum Gasteiger partial charge on any atom is -0.480 e. The SMILES string of the molecule is CCCC(NC(=O)C=C1CCCCC1)C(=O)O. The first kappa shape index (κ1) is 13.7. The van der Waals surface area contributed by atoms with Crippen molar-refractivity contribution < 1.29 is 14.7 Å². The van der Waals surface area contributed by atoms with Gasteiger partial charge in [0.1, 0.15) is 6.04 Å². The normalized spacial score (nSPS) is 17.4. The Bertz CT molecular complexity index is 302. The van der Waals surface area contributed by atoms with Crippen molar-refractivity contribution in [1.82, 2.24) is 5.32 Å². The van der Waals surface area contributed by atoms with Crippen LogP contribution in [0.4, 0.5) is 0 Å². The summed E-state index contributed by atoms with van der Waals surface area (Å²) in [6.45, 7) is 1.90. The van der Waals surface area contributed by atoms with Gasteiger partial charge in [0.25, 0.3) is 0 Å². The van der Waals surface area contributed by atoms with Crippen molar-refractivity contribution in [1.29, 1.82) is 0 Å². The minimum absolute atomic E-state index is 0.261. The van der Waals surface area contributed by atoms with Crippen molar-refractivity contribution in [2.75, 3.05) is 0 Å². The van der Waals surface area contributed by atoms with Crippen LogP contribution in [0, 0.1) is 0 Å². The molecule has 0 radical (unpaired) electrons. The average molecular weight is 239 g/mol. The second-order valence-corrected chi connectivity index (χ2v) is 4.55. The number of carboxylic acids is 1. The number of carbonyl (C=O) groups is 2. The average Bonchev–Trinajstić information content (AvgIpc) is 2.29. The lowest BCUT2D eigenvalue weighted by atomic mass is 9.94. The monoisotopic (exact) mass is 239 g/mol. The van der Waals surface area contributed by atoms with Crippen LogP contribution < -0.4 is 5.32 Å². The van der Waals surface area contributed by atoms with E-state index in [1.807, 2.05) is 6.92 Å². The largest absolute Gasteiger partial charge is 0.480 e. The Morgan fingerprint density at radius 3 is 2.53 bits per heavy atom. The van der Waals surface area contributed by atoms with Crippen molar-refractivity contribution in [3.05, 3.63) is 11.6 Å². The molecule has 1 rings (SSSR count). The molecule has 1 aliphatic rings. The molecule has 0 aromatic heterocycles. The first-order valence-corrected chi connectivity index (χ1v) is 6.36. The van der Waals surface area contributed by atoms with Crippen LogP contribution in [0.1, 0.15) is 51.9 Å². The number of hydrogen-bond donors (Lipinski definition) is 2. The van der Waals surface area contributed by atoms with Crippen molar-refractivity contribution >= 4 is 11.9 Å². The van der Waals surface area contributed by atoms with Crippen LogP contribution in [-0.4, -0.2) is 23.0 Å². The Balaban J connectivity index is 2.48. The number of rotatable bonds is 5. The summed E-state index contributed by atoms with van der Waals surface area (Å²) in [6.07, 6.45) is 8.25. The van der Waals surface area contributed by atoms with Crippen LogP contribution in [0.5, 0.6) is 0 Å². The second kappa shape index (κ2) is 7.09. The van der Waals surface area contributed by atoms with Gasteiger partial charge in [0.2, 0.25) is 5.91 Å². The number of aliphatic carboxylic acids is 1. The molecule has 0 bridgehead atoms. The van der Waals surface area contributed by atoms with Gasteiger partial charge in [0.05, 0.1) is 0 Å². The summed E-state index contributed by atoms with van der Waals surface area (Å²) in [4.78, 5) is 22.5. The van der Waals surface area contributed by atoms with E-state index in [0.29, 0.717) is 6.42 Å². The highest BCUT2D eigenvalue weighted by molar-refractivity contribution is 5.91. The molecule has 0 saturated heterocycles. The molecule has 1 atom stereocenters. The van der Waals surface area contributed by atoms with Crippen molar-refractivity contribution in [2.45, 2.75) is 57.9 Å². The molecule has 1 saturated carbocycles. The third-order valence-corrected chi connectivity index (χ3v) is 3.02. The van der Waals surface area contributed by atoms with Crippen molar-refractivity contribution in [3.63, 3.8) is 0 Å². The maximum absolute atomic E-state index is 11.7. The van der Waals surface area contributed by atoms with Crippen LogP contribution in [0.25, 0.3) is 0 Å². The third kappa shape index (κ3) is 5.02. The van der Waals surface area contributed by atoms with Crippen LogP contribution in [0.2, 0.25) is 0 Å². The quantitative estimate of drug-likeness (QED) is 0.723. The summed E-state index contributed by atoms with van der Waals surface area (Å²) in [7, 11) is 0. The van der Waals surface area contributed by atoms with E-state index >= 15 is 0 Å². The zero-order valence-corrected chi connectivity index (χ0v) is 10.4. The van der Waals surface area contributed by atoms with E-state index in [1.54, 1.807) is 6.08 Å². The number of nitrogens with one attached hydrogen (secondary N) is 1. The zero-order valence-electron chi connectivity index (χ0n) is 10.4. The summed E-state index contributed by atoms with van der Waals surface area (Å²) in [5, 5.41) is 11.5. The Kier molecular flexibility index (Phi) is 5.73. The van der Waals surface area contributed by atoms with E-state index < -0.39 is 12.0 Å². The van der Waals surface area contributed by atoms with Crippen molar-refractivity contribution in [2.24, 2.45) is 0 Å². The molecular formula is C13H21NO3. The molecule has 0 aromatic rings.